The fraction of sp³-hybridized carbons (Fsp3) is 0.857. The molecule has 2 N–H and O–H groups in total. The highest BCUT2D eigenvalue weighted by Gasteiger charge is 2.36. The lowest BCUT2D eigenvalue weighted by molar-refractivity contribution is -0.595. The Balaban J connectivity index is 3.76. The van der Waals surface area contributed by atoms with E-state index in [2.05, 4.69) is 7.05 Å². The molecule has 5 heteroatoms. The van der Waals surface area contributed by atoms with Crippen molar-refractivity contribution in [3.05, 3.63) is 7.05 Å². The van der Waals surface area contributed by atoms with E-state index in [1.165, 1.54) is 0 Å². The van der Waals surface area contributed by atoms with Crippen LogP contribution in [0.4, 0.5) is 0 Å². The van der Waals surface area contributed by atoms with E-state index < -0.39 is 8.80 Å². The molecule has 0 aromatic rings. The average Bonchev–Trinajstić information content (AvgIpc) is 2.14. The number of quaternary nitrogens is 1. The molecule has 0 heterocycles. The van der Waals surface area contributed by atoms with Crippen LogP contribution in [-0.2, 0) is 13.3 Å². The summed E-state index contributed by atoms with van der Waals surface area (Å²) in [5, 5.41) is 1.89. The first-order chi connectivity index (χ1) is 5.74. The first kappa shape index (κ1) is 12.1. The number of hydrogen-bond acceptors (Lipinski definition) is 3. The Bertz CT molecular complexity index is 101. The SMILES string of the molecule is [CH2-][NH2+]CCC[Si](OC)(OC)OC. The second kappa shape index (κ2) is 6.56. The van der Waals surface area contributed by atoms with E-state index in [-0.39, 0.29) is 0 Å². The maximum absolute atomic E-state index is 5.24. The predicted octanol–water partition coefficient (Wildman–Crippen LogP) is -0.390. The molecule has 0 bridgehead atoms. The van der Waals surface area contributed by atoms with Crippen LogP contribution in [0.3, 0.4) is 0 Å². The number of nitrogens with two attached hydrogens (primary N) is 1. The average molecular weight is 193 g/mol. The molecule has 74 valence electrons. The second-order valence-corrected chi connectivity index (χ2v) is 5.57. The largest absolute Gasteiger partial charge is 0.500 e. The molecule has 0 saturated heterocycles. The molecule has 0 radical (unpaired) electrons. The van der Waals surface area contributed by atoms with E-state index in [9.17, 15) is 0 Å². The van der Waals surface area contributed by atoms with Crippen molar-refractivity contribution in [2.75, 3.05) is 27.9 Å². The van der Waals surface area contributed by atoms with E-state index in [1.54, 1.807) is 21.3 Å². The molecule has 0 saturated carbocycles. The number of hydrogen-bond donors (Lipinski definition) is 1. The molecule has 0 spiro atoms. The number of rotatable bonds is 7. The highest BCUT2D eigenvalue weighted by atomic mass is 28.4. The minimum Gasteiger partial charge on any atom is -0.479 e. The van der Waals surface area contributed by atoms with Crippen LogP contribution >= 0.6 is 0 Å². The van der Waals surface area contributed by atoms with Crippen LogP contribution in [0.15, 0.2) is 0 Å². The molecule has 0 aromatic heterocycles. The van der Waals surface area contributed by atoms with Gasteiger partial charge in [0.2, 0.25) is 0 Å². The van der Waals surface area contributed by atoms with Gasteiger partial charge in [0.15, 0.2) is 0 Å². The molecule has 0 fully saturated rings. The Morgan fingerprint density at radius 2 is 1.67 bits per heavy atom. The standard InChI is InChI=1S/C7H19NO3Si/c1-8-6-5-7-12(9-2,10-3)11-4/h1,5-8H2,2-4H3. The summed E-state index contributed by atoms with van der Waals surface area (Å²) in [4.78, 5) is 0. The lowest BCUT2D eigenvalue weighted by Gasteiger charge is -2.23. The van der Waals surface area contributed by atoms with Gasteiger partial charge in [0.05, 0.1) is 6.54 Å². The van der Waals surface area contributed by atoms with E-state index in [0.717, 1.165) is 19.0 Å². The highest BCUT2D eigenvalue weighted by molar-refractivity contribution is 6.60. The third kappa shape index (κ3) is 3.64. The first-order valence-electron chi connectivity index (χ1n) is 4.01. The first-order valence-corrected chi connectivity index (χ1v) is 5.94. The summed E-state index contributed by atoms with van der Waals surface area (Å²) in [6.07, 6.45) is 1.01. The summed E-state index contributed by atoms with van der Waals surface area (Å²) in [6, 6.07) is 0.850. The quantitative estimate of drug-likeness (QED) is 0.340. The van der Waals surface area contributed by atoms with Crippen molar-refractivity contribution >= 4 is 8.80 Å². The van der Waals surface area contributed by atoms with Gasteiger partial charge in [-0.05, 0) is 6.42 Å². The zero-order chi connectivity index (χ0) is 9.45. The molecule has 0 amide bonds. The van der Waals surface area contributed by atoms with Gasteiger partial charge in [0.25, 0.3) is 0 Å². The normalized spacial score (nSPS) is 12.0. The van der Waals surface area contributed by atoms with Gasteiger partial charge in [-0.1, -0.05) is 0 Å². The van der Waals surface area contributed by atoms with E-state index in [1.807, 2.05) is 5.32 Å². The topological polar surface area (TPSA) is 44.3 Å². The Hall–Kier alpha value is 0.0569. The highest BCUT2D eigenvalue weighted by Crippen LogP contribution is 2.13. The predicted molar refractivity (Wildman–Crippen MR) is 48.4 cm³/mol. The summed E-state index contributed by atoms with van der Waals surface area (Å²) in [6.45, 7) is 0.977. The van der Waals surface area contributed by atoms with Gasteiger partial charge in [0, 0.05) is 27.4 Å². The zero-order valence-electron chi connectivity index (χ0n) is 8.13. The minimum absolute atomic E-state index is 0.850. The maximum atomic E-state index is 5.24. The molecule has 0 aliphatic heterocycles. The Morgan fingerprint density at radius 1 is 1.17 bits per heavy atom. The van der Waals surface area contributed by atoms with Crippen LogP contribution in [0.25, 0.3) is 0 Å². The van der Waals surface area contributed by atoms with Crippen molar-refractivity contribution in [2.24, 2.45) is 0 Å². The van der Waals surface area contributed by atoms with Crippen molar-refractivity contribution in [3.63, 3.8) is 0 Å². The van der Waals surface area contributed by atoms with Crippen molar-refractivity contribution in [1.29, 1.82) is 0 Å². The molecule has 0 aliphatic carbocycles. The monoisotopic (exact) mass is 193 g/mol. The summed E-state index contributed by atoms with van der Waals surface area (Å²) in [5.74, 6) is 0. The summed E-state index contributed by atoms with van der Waals surface area (Å²) >= 11 is 0. The van der Waals surface area contributed by atoms with Crippen molar-refractivity contribution in [3.8, 4) is 0 Å². The molecule has 12 heavy (non-hydrogen) atoms. The summed E-state index contributed by atoms with van der Waals surface area (Å²) in [5.41, 5.74) is 0. The van der Waals surface area contributed by atoms with Crippen LogP contribution in [0.2, 0.25) is 6.04 Å². The van der Waals surface area contributed by atoms with Crippen molar-refractivity contribution in [2.45, 2.75) is 12.5 Å². The van der Waals surface area contributed by atoms with Crippen LogP contribution in [0.5, 0.6) is 0 Å². The fourth-order valence-corrected chi connectivity index (χ4v) is 2.77. The minimum atomic E-state index is -2.30. The fourth-order valence-electron chi connectivity index (χ4n) is 1.02. The smallest absolute Gasteiger partial charge is 0.479 e. The third-order valence-corrected chi connectivity index (χ3v) is 4.66. The van der Waals surface area contributed by atoms with Gasteiger partial charge in [-0.25, -0.2) is 0 Å². The second-order valence-electron chi connectivity index (χ2n) is 2.48. The van der Waals surface area contributed by atoms with Crippen molar-refractivity contribution < 1.29 is 18.6 Å². The molecule has 4 nitrogen and oxygen atoms in total. The maximum Gasteiger partial charge on any atom is 0.500 e. The Kier molecular flexibility index (Phi) is 6.59. The molecule has 0 unspecified atom stereocenters. The summed E-state index contributed by atoms with van der Waals surface area (Å²) < 4.78 is 15.7. The molecular formula is C7H19NO3Si. The lowest BCUT2D eigenvalue weighted by Crippen LogP contribution is -2.77. The van der Waals surface area contributed by atoms with Crippen LogP contribution < -0.4 is 5.32 Å². The zero-order valence-corrected chi connectivity index (χ0v) is 9.13. The lowest BCUT2D eigenvalue weighted by atomic mass is 10.5. The van der Waals surface area contributed by atoms with Gasteiger partial charge < -0.3 is 18.6 Å². The summed E-state index contributed by atoms with van der Waals surface area (Å²) in [7, 11) is 6.24. The Morgan fingerprint density at radius 3 is 2.00 bits per heavy atom. The molecule has 0 atom stereocenters. The third-order valence-electron chi connectivity index (χ3n) is 1.82. The molecule has 0 rings (SSSR count). The Labute approximate surface area is 75.6 Å². The van der Waals surface area contributed by atoms with E-state index >= 15 is 0 Å². The van der Waals surface area contributed by atoms with Gasteiger partial charge in [-0.2, -0.15) is 7.05 Å². The van der Waals surface area contributed by atoms with Crippen molar-refractivity contribution in [1.82, 2.24) is 0 Å². The van der Waals surface area contributed by atoms with Crippen LogP contribution in [0.1, 0.15) is 6.42 Å². The van der Waals surface area contributed by atoms with Gasteiger partial charge in [-0.15, -0.1) is 0 Å². The molecular weight excluding hydrogens is 174 g/mol. The van der Waals surface area contributed by atoms with Gasteiger partial charge in [0.1, 0.15) is 0 Å². The van der Waals surface area contributed by atoms with Gasteiger partial charge in [-0.3, -0.25) is 0 Å². The molecule has 0 aromatic carbocycles. The van der Waals surface area contributed by atoms with Crippen LogP contribution in [0, 0.1) is 7.05 Å². The van der Waals surface area contributed by atoms with E-state index in [4.69, 9.17) is 13.3 Å². The van der Waals surface area contributed by atoms with Gasteiger partial charge >= 0.3 is 8.80 Å². The molecule has 0 aliphatic rings. The van der Waals surface area contributed by atoms with Crippen LogP contribution in [-0.4, -0.2) is 36.7 Å². The van der Waals surface area contributed by atoms with E-state index in [0.29, 0.717) is 0 Å².